The standard InChI is InChI=1S/C19H22F3N3/c20-19(21,22)16-6-7-18(23-14-16)24-17-9-12-25(13-10-17)11-8-15-4-2-1-3-5-15/h1-7,14,17H,8-13H2,(H,23,24). The molecule has 0 unspecified atom stereocenters. The fourth-order valence-corrected chi connectivity index (χ4v) is 3.09. The molecule has 6 heteroatoms. The first-order chi connectivity index (χ1) is 12.0. The van der Waals surface area contributed by atoms with E-state index in [-0.39, 0.29) is 6.04 Å². The van der Waals surface area contributed by atoms with E-state index >= 15 is 0 Å². The number of nitrogens with zero attached hydrogens (tertiary/aromatic N) is 2. The number of anilines is 1. The molecule has 1 aliphatic heterocycles. The summed E-state index contributed by atoms with van der Waals surface area (Å²) in [6, 6.07) is 13.2. The molecule has 3 nitrogen and oxygen atoms in total. The molecule has 0 atom stereocenters. The first-order valence-electron chi connectivity index (χ1n) is 8.57. The molecule has 2 heterocycles. The lowest BCUT2D eigenvalue weighted by atomic mass is 10.0. The Balaban J connectivity index is 1.43. The molecule has 0 spiro atoms. The number of hydrogen-bond donors (Lipinski definition) is 1. The Morgan fingerprint density at radius 3 is 2.36 bits per heavy atom. The molecule has 0 amide bonds. The minimum Gasteiger partial charge on any atom is -0.367 e. The average molecular weight is 349 g/mol. The van der Waals surface area contributed by atoms with Gasteiger partial charge in [-0.1, -0.05) is 30.3 Å². The Bertz CT molecular complexity index is 648. The van der Waals surface area contributed by atoms with Gasteiger partial charge in [0.2, 0.25) is 0 Å². The number of rotatable bonds is 5. The van der Waals surface area contributed by atoms with Crippen molar-refractivity contribution in [3.63, 3.8) is 0 Å². The lowest BCUT2D eigenvalue weighted by Crippen LogP contribution is -2.40. The van der Waals surface area contributed by atoms with E-state index in [1.165, 1.54) is 11.6 Å². The highest BCUT2D eigenvalue weighted by molar-refractivity contribution is 5.37. The third-order valence-electron chi connectivity index (χ3n) is 4.59. The maximum absolute atomic E-state index is 12.6. The summed E-state index contributed by atoms with van der Waals surface area (Å²) in [7, 11) is 0. The topological polar surface area (TPSA) is 28.2 Å². The molecule has 0 bridgehead atoms. The minimum absolute atomic E-state index is 0.261. The second-order valence-electron chi connectivity index (χ2n) is 6.43. The van der Waals surface area contributed by atoms with Crippen molar-refractivity contribution < 1.29 is 13.2 Å². The molecule has 1 aromatic heterocycles. The van der Waals surface area contributed by atoms with Crippen LogP contribution >= 0.6 is 0 Å². The maximum Gasteiger partial charge on any atom is 0.417 e. The quantitative estimate of drug-likeness (QED) is 0.876. The van der Waals surface area contributed by atoms with E-state index in [4.69, 9.17) is 0 Å². The molecule has 0 radical (unpaired) electrons. The number of pyridine rings is 1. The predicted octanol–water partition coefficient (Wildman–Crippen LogP) is 4.22. The number of likely N-dealkylation sites (tertiary alicyclic amines) is 1. The van der Waals surface area contributed by atoms with E-state index in [9.17, 15) is 13.2 Å². The molecule has 1 aliphatic rings. The van der Waals surface area contributed by atoms with Crippen molar-refractivity contribution in [1.82, 2.24) is 9.88 Å². The molecular weight excluding hydrogens is 327 g/mol. The molecule has 1 fully saturated rings. The maximum atomic E-state index is 12.6. The first kappa shape index (κ1) is 17.7. The lowest BCUT2D eigenvalue weighted by Gasteiger charge is -2.32. The zero-order chi connectivity index (χ0) is 17.7. The van der Waals surface area contributed by atoms with Gasteiger partial charge in [-0.3, -0.25) is 0 Å². The predicted molar refractivity (Wildman–Crippen MR) is 92.5 cm³/mol. The zero-order valence-electron chi connectivity index (χ0n) is 14.0. The molecule has 3 rings (SSSR count). The normalized spacial score (nSPS) is 16.8. The van der Waals surface area contributed by atoms with Crippen LogP contribution in [0.3, 0.4) is 0 Å². The number of aromatic nitrogens is 1. The summed E-state index contributed by atoms with van der Waals surface area (Å²) in [5, 5.41) is 3.25. The Labute approximate surface area is 145 Å². The van der Waals surface area contributed by atoms with Gasteiger partial charge in [0.25, 0.3) is 0 Å². The summed E-state index contributed by atoms with van der Waals surface area (Å²) < 4.78 is 37.7. The highest BCUT2D eigenvalue weighted by atomic mass is 19.4. The van der Waals surface area contributed by atoms with Crippen molar-refractivity contribution in [2.24, 2.45) is 0 Å². The molecule has 25 heavy (non-hydrogen) atoms. The number of benzene rings is 1. The highest BCUT2D eigenvalue weighted by Gasteiger charge is 2.30. The fraction of sp³-hybridized carbons (Fsp3) is 0.421. The Kier molecular flexibility index (Phi) is 5.58. The van der Waals surface area contributed by atoms with E-state index in [2.05, 4.69) is 39.5 Å². The number of halogens is 3. The van der Waals surface area contributed by atoms with E-state index in [0.29, 0.717) is 5.82 Å². The van der Waals surface area contributed by atoms with Crippen LogP contribution in [-0.4, -0.2) is 35.6 Å². The summed E-state index contributed by atoms with van der Waals surface area (Å²) in [5.41, 5.74) is 0.630. The molecule has 0 saturated carbocycles. The third kappa shape index (κ3) is 5.19. The van der Waals surface area contributed by atoms with E-state index in [0.717, 1.165) is 51.2 Å². The molecule has 0 aliphatic carbocycles. The van der Waals surface area contributed by atoms with Gasteiger partial charge in [0.05, 0.1) is 5.56 Å². The summed E-state index contributed by atoms with van der Waals surface area (Å²) in [4.78, 5) is 6.33. The van der Waals surface area contributed by atoms with Gasteiger partial charge in [-0.15, -0.1) is 0 Å². The van der Waals surface area contributed by atoms with Gasteiger partial charge >= 0.3 is 6.18 Å². The number of alkyl halides is 3. The zero-order valence-corrected chi connectivity index (χ0v) is 14.0. The van der Waals surface area contributed by atoms with Gasteiger partial charge < -0.3 is 10.2 Å². The third-order valence-corrected chi connectivity index (χ3v) is 4.59. The van der Waals surface area contributed by atoms with Gasteiger partial charge in [-0.2, -0.15) is 13.2 Å². The van der Waals surface area contributed by atoms with Crippen LogP contribution in [0.25, 0.3) is 0 Å². The van der Waals surface area contributed by atoms with Crippen LogP contribution in [0.5, 0.6) is 0 Å². The van der Waals surface area contributed by atoms with Crippen molar-refractivity contribution >= 4 is 5.82 Å². The smallest absolute Gasteiger partial charge is 0.367 e. The molecule has 134 valence electrons. The van der Waals surface area contributed by atoms with Crippen LogP contribution in [0.2, 0.25) is 0 Å². The van der Waals surface area contributed by atoms with Crippen LogP contribution in [0, 0.1) is 0 Å². The summed E-state index contributed by atoms with van der Waals surface area (Å²) in [6.07, 6.45) is -0.471. The Morgan fingerprint density at radius 2 is 1.76 bits per heavy atom. The molecule has 1 aromatic carbocycles. The Morgan fingerprint density at radius 1 is 1.04 bits per heavy atom. The van der Waals surface area contributed by atoms with Crippen LogP contribution in [0.1, 0.15) is 24.0 Å². The molecular formula is C19H22F3N3. The second kappa shape index (κ2) is 7.87. The van der Waals surface area contributed by atoms with Crippen molar-refractivity contribution in [3.8, 4) is 0 Å². The lowest BCUT2D eigenvalue weighted by molar-refractivity contribution is -0.137. The summed E-state index contributed by atoms with van der Waals surface area (Å²) in [5.74, 6) is 0.510. The van der Waals surface area contributed by atoms with Gasteiger partial charge in [0, 0.05) is 31.9 Å². The molecule has 2 aromatic rings. The van der Waals surface area contributed by atoms with Crippen molar-refractivity contribution in [2.45, 2.75) is 31.5 Å². The van der Waals surface area contributed by atoms with Gasteiger partial charge in [-0.25, -0.2) is 4.98 Å². The van der Waals surface area contributed by atoms with Crippen molar-refractivity contribution in [2.75, 3.05) is 25.0 Å². The largest absolute Gasteiger partial charge is 0.417 e. The van der Waals surface area contributed by atoms with Crippen LogP contribution in [0.4, 0.5) is 19.0 Å². The fourth-order valence-electron chi connectivity index (χ4n) is 3.09. The van der Waals surface area contributed by atoms with Gasteiger partial charge in [-0.05, 0) is 37.0 Å². The number of hydrogen-bond acceptors (Lipinski definition) is 3. The highest BCUT2D eigenvalue weighted by Crippen LogP contribution is 2.29. The summed E-state index contributed by atoms with van der Waals surface area (Å²) >= 11 is 0. The average Bonchev–Trinajstić information content (AvgIpc) is 2.62. The van der Waals surface area contributed by atoms with Crippen LogP contribution in [0.15, 0.2) is 48.7 Å². The number of nitrogens with one attached hydrogen (secondary N) is 1. The van der Waals surface area contributed by atoms with Crippen molar-refractivity contribution in [3.05, 3.63) is 59.8 Å². The molecule has 1 saturated heterocycles. The van der Waals surface area contributed by atoms with Gasteiger partial charge in [0.15, 0.2) is 0 Å². The Hall–Kier alpha value is -2.08. The second-order valence-corrected chi connectivity index (χ2v) is 6.43. The SMILES string of the molecule is FC(F)(F)c1ccc(NC2CCN(CCc3ccccc3)CC2)nc1. The van der Waals surface area contributed by atoms with E-state index in [1.807, 2.05) is 6.07 Å². The summed E-state index contributed by atoms with van der Waals surface area (Å²) in [6.45, 7) is 3.02. The van der Waals surface area contributed by atoms with E-state index in [1.54, 1.807) is 0 Å². The van der Waals surface area contributed by atoms with E-state index < -0.39 is 11.7 Å². The van der Waals surface area contributed by atoms with Gasteiger partial charge in [0.1, 0.15) is 5.82 Å². The minimum atomic E-state index is -4.34. The van der Waals surface area contributed by atoms with Crippen molar-refractivity contribution in [1.29, 1.82) is 0 Å². The molecule has 1 N–H and O–H groups in total. The number of piperidine rings is 1. The van der Waals surface area contributed by atoms with Crippen LogP contribution < -0.4 is 5.32 Å². The van der Waals surface area contributed by atoms with Crippen LogP contribution in [-0.2, 0) is 12.6 Å². The first-order valence-corrected chi connectivity index (χ1v) is 8.57. The monoisotopic (exact) mass is 349 g/mol.